The SMILES string of the molecule is O=C1CCN(c2cccc3c2CCN3C2CCC(CO)CC2)C(=O)N1. The van der Waals surface area contributed by atoms with Gasteiger partial charge < -0.3 is 10.0 Å². The number of hydrogen-bond donors (Lipinski definition) is 2. The maximum Gasteiger partial charge on any atom is 0.328 e. The van der Waals surface area contributed by atoms with Crippen LogP contribution in [0.1, 0.15) is 37.7 Å². The van der Waals surface area contributed by atoms with Gasteiger partial charge in [-0.25, -0.2) is 4.79 Å². The number of aliphatic hydroxyl groups excluding tert-OH is 1. The second-order valence-electron chi connectivity index (χ2n) is 7.33. The number of anilines is 2. The summed E-state index contributed by atoms with van der Waals surface area (Å²) in [5.74, 6) is 0.260. The summed E-state index contributed by atoms with van der Waals surface area (Å²) in [6, 6.07) is 6.36. The van der Waals surface area contributed by atoms with Gasteiger partial charge in [0.05, 0.1) is 5.69 Å². The van der Waals surface area contributed by atoms with Crippen molar-refractivity contribution >= 4 is 23.3 Å². The van der Waals surface area contributed by atoms with E-state index >= 15 is 0 Å². The minimum atomic E-state index is -0.313. The van der Waals surface area contributed by atoms with Gasteiger partial charge in [-0.1, -0.05) is 6.07 Å². The van der Waals surface area contributed by atoms with Crippen molar-refractivity contribution in [2.75, 3.05) is 29.5 Å². The number of imide groups is 1. The molecular formula is C19H25N3O3. The van der Waals surface area contributed by atoms with Gasteiger partial charge in [-0.05, 0) is 50.2 Å². The lowest BCUT2D eigenvalue weighted by atomic mass is 9.86. The van der Waals surface area contributed by atoms with Crippen molar-refractivity contribution in [2.45, 2.75) is 44.6 Å². The lowest BCUT2D eigenvalue weighted by Crippen LogP contribution is -2.49. The van der Waals surface area contributed by atoms with Crippen molar-refractivity contribution in [1.82, 2.24) is 5.32 Å². The zero-order chi connectivity index (χ0) is 17.4. The molecule has 0 radical (unpaired) electrons. The van der Waals surface area contributed by atoms with Crippen LogP contribution < -0.4 is 15.1 Å². The first kappa shape index (κ1) is 16.4. The molecule has 0 unspecified atom stereocenters. The molecule has 1 aromatic rings. The van der Waals surface area contributed by atoms with Gasteiger partial charge in [0.25, 0.3) is 0 Å². The molecule has 2 fully saturated rings. The van der Waals surface area contributed by atoms with E-state index in [4.69, 9.17) is 0 Å². The molecule has 3 aliphatic rings. The van der Waals surface area contributed by atoms with Crippen molar-refractivity contribution in [3.63, 3.8) is 0 Å². The highest BCUT2D eigenvalue weighted by atomic mass is 16.3. The highest BCUT2D eigenvalue weighted by Gasteiger charge is 2.33. The van der Waals surface area contributed by atoms with E-state index in [0.717, 1.165) is 44.3 Å². The third-order valence-electron chi connectivity index (χ3n) is 5.90. The Balaban J connectivity index is 1.56. The Morgan fingerprint density at radius 1 is 1.04 bits per heavy atom. The number of rotatable bonds is 3. The maximum absolute atomic E-state index is 12.2. The van der Waals surface area contributed by atoms with Crippen molar-refractivity contribution in [3.8, 4) is 0 Å². The fourth-order valence-electron chi connectivity index (χ4n) is 4.51. The average Bonchev–Trinajstić information content (AvgIpc) is 3.06. The molecular weight excluding hydrogens is 318 g/mol. The first-order valence-electron chi connectivity index (χ1n) is 9.28. The largest absolute Gasteiger partial charge is 0.396 e. The van der Waals surface area contributed by atoms with Crippen molar-refractivity contribution in [3.05, 3.63) is 23.8 Å². The van der Waals surface area contributed by atoms with Crippen LogP contribution in [0.4, 0.5) is 16.2 Å². The van der Waals surface area contributed by atoms with Crippen LogP contribution in [-0.2, 0) is 11.2 Å². The zero-order valence-corrected chi connectivity index (χ0v) is 14.4. The van der Waals surface area contributed by atoms with E-state index in [1.165, 1.54) is 11.3 Å². The van der Waals surface area contributed by atoms with Crippen LogP contribution in [0, 0.1) is 5.92 Å². The number of hydrogen-bond acceptors (Lipinski definition) is 4. The molecule has 2 aliphatic heterocycles. The number of benzene rings is 1. The van der Waals surface area contributed by atoms with E-state index in [-0.39, 0.29) is 11.9 Å². The fourth-order valence-corrected chi connectivity index (χ4v) is 4.51. The fraction of sp³-hybridized carbons (Fsp3) is 0.579. The first-order valence-corrected chi connectivity index (χ1v) is 9.28. The molecule has 4 rings (SSSR count). The molecule has 1 saturated carbocycles. The van der Waals surface area contributed by atoms with Crippen molar-refractivity contribution < 1.29 is 14.7 Å². The summed E-state index contributed by atoms with van der Waals surface area (Å²) in [4.78, 5) is 27.8. The van der Waals surface area contributed by atoms with E-state index in [1.54, 1.807) is 4.90 Å². The van der Waals surface area contributed by atoms with E-state index in [0.29, 0.717) is 31.5 Å². The third-order valence-corrected chi connectivity index (χ3v) is 5.90. The molecule has 134 valence electrons. The topological polar surface area (TPSA) is 72.9 Å². The standard InChI is InChI=1S/C19H25N3O3/c23-12-13-4-6-14(7-5-13)21-10-8-15-16(21)2-1-3-17(15)22-11-9-18(24)20-19(22)25/h1-3,13-14,23H,4-12H2,(H,20,24,25). The first-order chi connectivity index (χ1) is 12.2. The Labute approximate surface area is 147 Å². The molecule has 0 bridgehead atoms. The highest BCUT2D eigenvalue weighted by molar-refractivity contribution is 6.06. The molecule has 6 nitrogen and oxygen atoms in total. The van der Waals surface area contributed by atoms with Crippen LogP contribution in [-0.4, -0.2) is 42.8 Å². The van der Waals surface area contributed by atoms with E-state index in [9.17, 15) is 14.7 Å². The molecule has 0 atom stereocenters. The number of carbonyl (C=O) groups is 2. The van der Waals surface area contributed by atoms with Gasteiger partial charge in [0.15, 0.2) is 0 Å². The summed E-state index contributed by atoms with van der Waals surface area (Å²) in [7, 11) is 0. The lowest BCUT2D eigenvalue weighted by molar-refractivity contribution is -0.120. The van der Waals surface area contributed by atoms with Crippen LogP contribution in [0.2, 0.25) is 0 Å². The molecule has 1 saturated heterocycles. The van der Waals surface area contributed by atoms with Gasteiger partial charge in [-0.15, -0.1) is 0 Å². The number of nitrogens with one attached hydrogen (secondary N) is 1. The van der Waals surface area contributed by atoms with Crippen LogP contribution >= 0.6 is 0 Å². The van der Waals surface area contributed by atoms with Crippen molar-refractivity contribution in [1.29, 1.82) is 0 Å². The molecule has 0 aromatic heterocycles. The Kier molecular flexibility index (Phi) is 4.37. The second-order valence-corrected chi connectivity index (χ2v) is 7.33. The van der Waals surface area contributed by atoms with Crippen molar-refractivity contribution in [2.24, 2.45) is 5.92 Å². The minimum Gasteiger partial charge on any atom is -0.396 e. The summed E-state index contributed by atoms with van der Waals surface area (Å²) in [5.41, 5.74) is 3.39. The van der Waals surface area contributed by atoms with E-state index < -0.39 is 0 Å². The number of amides is 3. The second kappa shape index (κ2) is 6.67. The lowest BCUT2D eigenvalue weighted by Gasteiger charge is -2.36. The Hall–Kier alpha value is -2.08. The minimum absolute atomic E-state index is 0.198. The normalized spacial score (nSPS) is 26.6. The molecule has 6 heteroatoms. The van der Waals surface area contributed by atoms with Gasteiger partial charge in [0.1, 0.15) is 0 Å². The Bertz CT molecular complexity index is 682. The summed E-state index contributed by atoms with van der Waals surface area (Å²) in [6.07, 6.45) is 5.70. The third kappa shape index (κ3) is 2.99. The number of carbonyl (C=O) groups excluding carboxylic acids is 2. The van der Waals surface area contributed by atoms with Crippen LogP contribution in [0.15, 0.2) is 18.2 Å². The molecule has 1 aliphatic carbocycles. The molecule has 0 spiro atoms. The number of fused-ring (bicyclic) bond motifs is 1. The number of aliphatic hydroxyl groups is 1. The molecule has 2 N–H and O–H groups in total. The number of nitrogens with zero attached hydrogens (tertiary/aromatic N) is 2. The summed E-state index contributed by atoms with van der Waals surface area (Å²) in [5, 5.41) is 11.8. The van der Waals surface area contributed by atoms with Crippen LogP contribution in [0.3, 0.4) is 0 Å². The summed E-state index contributed by atoms with van der Waals surface area (Å²) in [6.45, 7) is 1.73. The van der Waals surface area contributed by atoms with E-state index in [2.05, 4.69) is 16.3 Å². The van der Waals surface area contributed by atoms with Crippen LogP contribution in [0.5, 0.6) is 0 Å². The predicted molar refractivity (Wildman–Crippen MR) is 95.8 cm³/mol. The van der Waals surface area contributed by atoms with Gasteiger partial charge in [-0.3, -0.25) is 15.0 Å². The zero-order valence-electron chi connectivity index (χ0n) is 14.4. The smallest absolute Gasteiger partial charge is 0.328 e. The van der Waals surface area contributed by atoms with Gasteiger partial charge >= 0.3 is 6.03 Å². The van der Waals surface area contributed by atoms with Crippen LogP contribution in [0.25, 0.3) is 0 Å². The van der Waals surface area contributed by atoms with Gasteiger partial charge in [0, 0.05) is 43.4 Å². The summed E-state index contributed by atoms with van der Waals surface area (Å²) >= 11 is 0. The Morgan fingerprint density at radius 2 is 1.80 bits per heavy atom. The average molecular weight is 343 g/mol. The monoisotopic (exact) mass is 343 g/mol. The number of urea groups is 1. The van der Waals surface area contributed by atoms with Gasteiger partial charge in [-0.2, -0.15) is 0 Å². The molecule has 2 heterocycles. The molecule has 25 heavy (non-hydrogen) atoms. The maximum atomic E-state index is 12.2. The van der Waals surface area contributed by atoms with Gasteiger partial charge in [0.2, 0.25) is 5.91 Å². The molecule has 1 aromatic carbocycles. The highest BCUT2D eigenvalue weighted by Crippen LogP contribution is 2.40. The predicted octanol–water partition coefficient (Wildman–Crippen LogP) is 2.05. The Morgan fingerprint density at radius 3 is 2.52 bits per heavy atom. The molecule has 3 amide bonds. The quantitative estimate of drug-likeness (QED) is 0.881. The van der Waals surface area contributed by atoms with E-state index in [1.807, 2.05) is 12.1 Å². The summed E-state index contributed by atoms with van der Waals surface area (Å²) < 4.78 is 0.